The molecule has 4 rings (SSSR count). The predicted octanol–water partition coefficient (Wildman–Crippen LogP) is -0.623. The standard InChI is InChI=1S/C17H26N8O/c1-14-12-15(25-17(21-14)19-13-20-25)23-10-8-22(9-11-23)5-2-16(26)24-6-3-18-4-7-24/h12-13,18H,2-11H2,1H3. The Hall–Kier alpha value is -2.26. The summed E-state index contributed by atoms with van der Waals surface area (Å²) in [5, 5.41) is 7.58. The van der Waals surface area contributed by atoms with Crippen molar-refractivity contribution in [3.63, 3.8) is 0 Å². The smallest absolute Gasteiger partial charge is 0.254 e. The molecular weight excluding hydrogens is 332 g/mol. The van der Waals surface area contributed by atoms with E-state index in [1.807, 2.05) is 11.8 Å². The minimum absolute atomic E-state index is 0.281. The van der Waals surface area contributed by atoms with E-state index in [2.05, 4.69) is 36.2 Å². The molecule has 0 spiro atoms. The van der Waals surface area contributed by atoms with Crippen LogP contribution >= 0.6 is 0 Å². The molecule has 0 unspecified atom stereocenters. The lowest BCUT2D eigenvalue weighted by molar-refractivity contribution is -0.132. The first-order chi connectivity index (χ1) is 12.7. The number of rotatable bonds is 4. The van der Waals surface area contributed by atoms with E-state index < -0.39 is 0 Å². The second-order valence-corrected chi connectivity index (χ2v) is 6.94. The SMILES string of the molecule is Cc1cc(N2CCN(CCC(=O)N3CCNCC3)CC2)n2ncnc2n1. The molecule has 2 aliphatic rings. The minimum atomic E-state index is 0.281. The number of carbonyl (C=O) groups is 1. The fourth-order valence-corrected chi connectivity index (χ4v) is 3.66. The van der Waals surface area contributed by atoms with Crippen molar-refractivity contribution < 1.29 is 4.79 Å². The molecule has 0 aromatic carbocycles. The number of hydrogen-bond acceptors (Lipinski definition) is 7. The summed E-state index contributed by atoms with van der Waals surface area (Å²) in [4.78, 5) is 27.6. The third-order valence-corrected chi connectivity index (χ3v) is 5.17. The third kappa shape index (κ3) is 3.63. The van der Waals surface area contributed by atoms with Crippen molar-refractivity contribution in [1.29, 1.82) is 0 Å². The van der Waals surface area contributed by atoms with Gasteiger partial charge in [-0.05, 0) is 6.92 Å². The summed E-state index contributed by atoms with van der Waals surface area (Å²) in [6.07, 6.45) is 2.16. The fraction of sp³-hybridized carbons (Fsp3) is 0.647. The lowest BCUT2D eigenvalue weighted by atomic mass is 10.2. The van der Waals surface area contributed by atoms with Gasteiger partial charge < -0.3 is 15.1 Å². The molecule has 2 aromatic heterocycles. The number of fused-ring (bicyclic) bond motifs is 1. The number of nitrogens with zero attached hydrogens (tertiary/aromatic N) is 7. The Morgan fingerprint density at radius 1 is 1.15 bits per heavy atom. The van der Waals surface area contributed by atoms with Gasteiger partial charge in [0.15, 0.2) is 0 Å². The maximum Gasteiger partial charge on any atom is 0.254 e. The first-order valence-corrected chi connectivity index (χ1v) is 9.34. The predicted molar refractivity (Wildman–Crippen MR) is 98.2 cm³/mol. The highest BCUT2D eigenvalue weighted by atomic mass is 16.2. The molecule has 2 fully saturated rings. The molecule has 2 saturated heterocycles. The largest absolute Gasteiger partial charge is 0.354 e. The lowest BCUT2D eigenvalue weighted by Gasteiger charge is -2.36. The quantitative estimate of drug-likeness (QED) is 0.780. The van der Waals surface area contributed by atoms with E-state index >= 15 is 0 Å². The molecule has 140 valence electrons. The molecule has 0 radical (unpaired) electrons. The van der Waals surface area contributed by atoms with Crippen LogP contribution in [0.1, 0.15) is 12.1 Å². The molecule has 0 aliphatic carbocycles. The van der Waals surface area contributed by atoms with Crippen molar-refractivity contribution in [2.45, 2.75) is 13.3 Å². The van der Waals surface area contributed by atoms with Gasteiger partial charge in [-0.2, -0.15) is 14.6 Å². The Balaban J connectivity index is 1.31. The Kier molecular flexibility index (Phi) is 4.98. The monoisotopic (exact) mass is 358 g/mol. The number of hydrogen-bond donors (Lipinski definition) is 1. The summed E-state index contributed by atoms with van der Waals surface area (Å²) >= 11 is 0. The van der Waals surface area contributed by atoms with Crippen LogP contribution in [0.5, 0.6) is 0 Å². The van der Waals surface area contributed by atoms with Crippen molar-refractivity contribution in [1.82, 2.24) is 34.7 Å². The van der Waals surface area contributed by atoms with E-state index in [0.717, 1.165) is 70.4 Å². The highest BCUT2D eigenvalue weighted by Crippen LogP contribution is 2.18. The van der Waals surface area contributed by atoms with Crippen LogP contribution in [0.15, 0.2) is 12.4 Å². The minimum Gasteiger partial charge on any atom is -0.354 e. The van der Waals surface area contributed by atoms with Crippen molar-refractivity contribution in [3.05, 3.63) is 18.1 Å². The number of amides is 1. The van der Waals surface area contributed by atoms with Gasteiger partial charge in [0.2, 0.25) is 5.91 Å². The molecule has 0 bridgehead atoms. The van der Waals surface area contributed by atoms with Crippen molar-refractivity contribution in [3.8, 4) is 0 Å². The van der Waals surface area contributed by atoms with E-state index in [9.17, 15) is 4.79 Å². The summed E-state index contributed by atoms with van der Waals surface area (Å²) in [7, 11) is 0. The van der Waals surface area contributed by atoms with Crippen LogP contribution in [0.25, 0.3) is 5.78 Å². The molecule has 26 heavy (non-hydrogen) atoms. The van der Waals surface area contributed by atoms with Gasteiger partial charge in [-0.25, -0.2) is 4.98 Å². The van der Waals surface area contributed by atoms with Gasteiger partial charge in [-0.1, -0.05) is 0 Å². The normalized spacial score (nSPS) is 19.3. The molecule has 0 atom stereocenters. The highest BCUT2D eigenvalue weighted by molar-refractivity contribution is 5.76. The number of piperazine rings is 2. The van der Waals surface area contributed by atoms with E-state index in [-0.39, 0.29) is 5.91 Å². The maximum atomic E-state index is 12.3. The molecule has 0 saturated carbocycles. The van der Waals surface area contributed by atoms with E-state index in [1.54, 1.807) is 10.8 Å². The van der Waals surface area contributed by atoms with Gasteiger partial charge in [0.1, 0.15) is 12.1 Å². The number of anilines is 1. The Morgan fingerprint density at radius 2 is 1.92 bits per heavy atom. The molecule has 9 nitrogen and oxygen atoms in total. The van der Waals surface area contributed by atoms with Crippen LogP contribution in [0.3, 0.4) is 0 Å². The molecule has 2 aromatic rings. The van der Waals surface area contributed by atoms with Gasteiger partial charge in [0.05, 0.1) is 0 Å². The summed E-state index contributed by atoms with van der Waals surface area (Å²) in [6, 6.07) is 2.06. The first-order valence-electron chi connectivity index (χ1n) is 9.34. The van der Waals surface area contributed by atoms with Crippen LogP contribution in [-0.2, 0) is 4.79 Å². The van der Waals surface area contributed by atoms with Gasteiger partial charge >= 0.3 is 0 Å². The Morgan fingerprint density at radius 3 is 2.69 bits per heavy atom. The zero-order chi connectivity index (χ0) is 17.9. The van der Waals surface area contributed by atoms with E-state index in [1.165, 1.54) is 0 Å². The van der Waals surface area contributed by atoms with Crippen LogP contribution < -0.4 is 10.2 Å². The van der Waals surface area contributed by atoms with Crippen LogP contribution in [-0.4, -0.2) is 94.2 Å². The highest BCUT2D eigenvalue weighted by Gasteiger charge is 2.22. The van der Waals surface area contributed by atoms with E-state index in [4.69, 9.17) is 0 Å². The van der Waals surface area contributed by atoms with Gasteiger partial charge in [-0.3, -0.25) is 9.69 Å². The van der Waals surface area contributed by atoms with Crippen LogP contribution in [0.2, 0.25) is 0 Å². The summed E-state index contributed by atoms with van der Waals surface area (Å²) in [6.45, 7) is 10.0. The second-order valence-electron chi connectivity index (χ2n) is 6.94. The van der Waals surface area contributed by atoms with E-state index in [0.29, 0.717) is 12.2 Å². The molecule has 2 aliphatic heterocycles. The lowest BCUT2D eigenvalue weighted by Crippen LogP contribution is -2.49. The summed E-state index contributed by atoms with van der Waals surface area (Å²) < 4.78 is 1.80. The first kappa shape index (κ1) is 17.2. The molecule has 1 N–H and O–H groups in total. The third-order valence-electron chi connectivity index (χ3n) is 5.17. The second kappa shape index (κ2) is 7.55. The zero-order valence-corrected chi connectivity index (χ0v) is 15.3. The molecular formula is C17H26N8O. The van der Waals surface area contributed by atoms with Gasteiger partial charge in [0, 0.05) is 77.1 Å². The van der Waals surface area contributed by atoms with Crippen molar-refractivity contribution in [2.24, 2.45) is 0 Å². The Bertz CT molecular complexity index is 761. The van der Waals surface area contributed by atoms with Gasteiger partial charge in [0.25, 0.3) is 5.78 Å². The van der Waals surface area contributed by atoms with Crippen LogP contribution in [0, 0.1) is 6.92 Å². The zero-order valence-electron chi connectivity index (χ0n) is 15.3. The van der Waals surface area contributed by atoms with Crippen molar-refractivity contribution in [2.75, 3.05) is 63.8 Å². The maximum absolute atomic E-state index is 12.3. The van der Waals surface area contributed by atoms with Crippen LogP contribution in [0.4, 0.5) is 5.82 Å². The van der Waals surface area contributed by atoms with Crippen molar-refractivity contribution >= 4 is 17.5 Å². The number of aryl methyl sites for hydroxylation is 1. The average Bonchev–Trinajstić information content (AvgIpc) is 3.15. The number of nitrogens with one attached hydrogen (secondary N) is 1. The molecule has 9 heteroatoms. The summed E-state index contributed by atoms with van der Waals surface area (Å²) in [5.41, 5.74) is 0.949. The average molecular weight is 358 g/mol. The summed E-state index contributed by atoms with van der Waals surface area (Å²) in [5.74, 6) is 1.97. The number of aromatic nitrogens is 4. The number of carbonyl (C=O) groups excluding carboxylic acids is 1. The molecule has 4 heterocycles. The topological polar surface area (TPSA) is 81.9 Å². The Labute approximate surface area is 153 Å². The van der Waals surface area contributed by atoms with Gasteiger partial charge in [-0.15, -0.1) is 0 Å². The fourth-order valence-electron chi connectivity index (χ4n) is 3.66. The molecule has 1 amide bonds.